The van der Waals surface area contributed by atoms with Crippen molar-refractivity contribution in [1.82, 2.24) is 5.32 Å². The number of carbonyl (C=O) groups is 1. The molecule has 0 radical (unpaired) electrons. The number of amides is 1. The first-order valence-corrected chi connectivity index (χ1v) is 9.38. The lowest BCUT2D eigenvalue weighted by molar-refractivity contribution is -0.274. The molecule has 0 spiro atoms. The van der Waals surface area contributed by atoms with Crippen LogP contribution < -0.4 is 15.4 Å². The number of nitrogens with one attached hydrogen (secondary N) is 2. The second-order valence-corrected chi connectivity index (χ2v) is 7.45. The number of alkyl halides is 3. The molecule has 0 aliphatic heterocycles. The summed E-state index contributed by atoms with van der Waals surface area (Å²) in [5.41, 5.74) is 2.15. The van der Waals surface area contributed by atoms with Crippen LogP contribution in [0.3, 0.4) is 0 Å². The van der Waals surface area contributed by atoms with Gasteiger partial charge in [-0.05, 0) is 73.7 Å². The van der Waals surface area contributed by atoms with Crippen LogP contribution in [0.1, 0.15) is 41.1 Å². The van der Waals surface area contributed by atoms with Crippen molar-refractivity contribution in [3.63, 3.8) is 0 Å². The summed E-state index contributed by atoms with van der Waals surface area (Å²) in [6, 6.07) is 13.1. The summed E-state index contributed by atoms with van der Waals surface area (Å²) >= 11 is 0. The zero-order chi connectivity index (χ0) is 19.7. The fraction of sp³-hybridized carbons (Fsp3) is 0.381. The molecule has 1 amide bonds. The summed E-state index contributed by atoms with van der Waals surface area (Å²) < 4.78 is 40.3. The lowest BCUT2D eigenvalue weighted by Crippen LogP contribution is -2.20. The van der Waals surface area contributed by atoms with Crippen molar-refractivity contribution in [2.45, 2.75) is 37.6 Å². The van der Waals surface area contributed by atoms with E-state index in [9.17, 15) is 18.0 Å². The van der Waals surface area contributed by atoms with Crippen molar-refractivity contribution in [2.75, 3.05) is 11.9 Å². The summed E-state index contributed by atoms with van der Waals surface area (Å²) in [5, 5.41) is 6.36. The first-order valence-electron chi connectivity index (χ1n) is 9.38. The number of hydrogen-bond donors (Lipinski definition) is 2. The molecule has 28 heavy (non-hydrogen) atoms. The summed E-state index contributed by atoms with van der Waals surface area (Å²) in [6.07, 6.45) is -0.919. The third-order valence-electron chi connectivity index (χ3n) is 5.10. The minimum absolute atomic E-state index is 0.255. The normalized spacial score (nSPS) is 21.2. The van der Waals surface area contributed by atoms with Gasteiger partial charge in [0.2, 0.25) is 0 Å². The third kappa shape index (κ3) is 5.04. The van der Waals surface area contributed by atoms with Crippen LogP contribution in [0.25, 0.3) is 0 Å². The van der Waals surface area contributed by atoms with Gasteiger partial charge in [-0.15, -0.1) is 13.2 Å². The highest BCUT2D eigenvalue weighted by atomic mass is 19.4. The van der Waals surface area contributed by atoms with Gasteiger partial charge in [0.1, 0.15) is 5.75 Å². The zero-order valence-corrected chi connectivity index (χ0v) is 15.1. The minimum atomic E-state index is -4.75. The van der Waals surface area contributed by atoms with Crippen molar-refractivity contribution >= 4 is 11.6 Å². The third-order valence-corrected chi connectivity index (χ3v) is 5.10. The van der Waals surface area contributed by atoms with Crippen LogP contribution >= 0.6 is 0 Å². The molecule has 4 nitrogen and oxygen atoms in total. The molecular formula is C21H21F3N2O2. The molecule has 4 rings (SSSR count). The molecule has 2 aromatic carbocycles. The van der Waals surface area contributed by atoms with Crippen LogP contribution in [0, 0.1) is 5.92 Å². The van der Waals surface area contributed by atoms with E-state index in [1.165, 1.54) is 30.5 Å². The van der Waals surface area contributed by atoms with Gasteiger partial charge < -0.3 is 15.4 Å². The highest BCUT2D eigenvalue weighted by molar-refractivity contribution is 6.04. The Labute approximate surface area is 161 Å². The van der Waals surface area contributed by atoms with Gasteiger partial charge in [0.15, 0.2) is 0 Å². The lowest BCUT2D eigenvalue weighted by atomic mass is 10.1. The van der Waals surface area contributed by atoms with Gasteiger partial charge in [0.25, 0.3) is 5.91 Å². The predicted molar refractivity (Wildman–Crippen MR) is 99.4 cm³/mol. The first kappa shape index (κ1) is 18.8. The zero-order valence-electron chi connectivity index (χ0n) is 15.1. The maximum Gasteiger partial charge on any atom is 0.573 e. The molecule has 2 atom stereocenters. The van der Waals surface area contributed by atoms with E-state index in [0.29, 0.717) is 17.6 Å². The number of hydrogen-bond acceptors (Lipinski definition) is 3. The van der Waals surface area contributed by atoms with E-state index in [4.69, 9.17) is 0 Å². The Morgan fingerprint density at radius 2 is 1.71 bits per heavy atom. The quantitative estimate of drug-likeness (QED) is 0.721. The van der Waals surface area contributed by atoms with Crippen molar-refractivity contribution in [3.05, 3.63) is 59.7 Å². The summed E-state index contributed by atoms with van der Waals surface area (Å²) in [4.78, 5) is 12.3. The molecule has 2 unspecified atom stereocenters. The van der Waals surface area contributed by atoms with Crippen molar-refractivity contribution < 1.29 is 22.7 Å². The average Bonchev–Trinajstić information content (AvgIpc) is 3.54. The maximum absolute atomic E-state index is 12.3. The first-order chi connectivity index (χ1) is 13.4. The van der Waals surface area contributed by atoms with Crippen LogP contribution in [-0.4, -0.2) is 24.9 Å². The smallest absolute Gasteiger partial charge is 0.406 e. The van der Waals surface area contributed by atoms with Gasteiger partial charge in [0.05, 0.1) is 0 Å². The molecule has 7 heteroatoms. The van der Waals surface area contributed by atoms with Crippen molar-refractivity contribution in [3.8, 4) is 5.75 Å². The van der Waals surface area contributed by atoms with Crippen LogP contribution in [-0.2, 0) is 0 Å². The maximum atomic E-state index is 12.3. The Morgan fingerprint density at radius 1 is 1.04 bits per heavy atom. The Balaban J connectivity index is 1.29. The molecule has 2 saturated carbocycles. The minimum Gasteiger partial charge on any atom is -0.406 e. The van der Waals surface area contributed by atoms with Crippen LogP contribution in [0.15, 0.2) is 48.5 Å². The molecule has 2 N–H and O–H groups in total. The predicted octanol–water partition coefficient (Wildman–Crippen LogP) is 4.69. The fourth-order valence-corrected chi connectivity index (χ4v) is 3.25. The van der Waals surface area contributed by atoms with Gasteiger partial charge in [-0.25, -0.2) is 0 Å². The van der Waals surface area contributed by atoms with E-state index < -0.39 is 6.36 Å². The van der Waals surface area contributed by atoms with Crippen LogP contribution in [0.5, 0.6) is 5.75 Å². The number of halogens is 3. The second-order valence-electron chi connectivity index (χ2n) is 7.45. The molecule has 2 aliphatic carbocycles. The number of ether oxygens (including phenoxy) is 1. The average molecular weight is 390 g/mol. The number of rotatable bonds is 7. The van der Waals surface area contributed by atoms with E-state index in [1.54, 1.807) is 0 Å². The van der Waals surface area contributed by atoms with E-state index in [-0.39, 0.29) is 17.2 Å². The van der Waals surface area contributed by atoms with E-state index in [1.807, 2.05) is 24.3 Å². The number of anilines is 1. The Morgan fingerprint density at radius 3 is 2.32 bits per heavy atom. The standard InChI is InChI=1S/C21H21F3N2O2/c22-21(23,24)28-17-9-5-15(6-10-17)20(27)26-16-7-3-14(4-8-16)18-11-19(18)25-12-13-1-2-13/h3-10,13,18-19,25H,1-2,11-12H2,(H,26,27). The molecule has 0 bridgehead atoms. The molecule has 148 valence electrons. The molecule has 2 fully saturated rings. The largest absolute Gasteiger partial charge is 0.573 e. The lowest BCUT2D eigenvalue weighted by Gasteiger charge is -2.10. The van der Waals surface area contributed by atoms with Gasteiger partial charge in [-0.2, -0.15) is 0 Å². The second kappa shape index (κ2) is 7.47. The van der Waals surface area contributed by atoms with Crippen LogP contribution in [0.4, 0.5) is 18.9 Å². The summed E-state index contributed by atoms with van der Waals surface area (Å²) in [7, 11) is 0. The van der Waals surface area contributed by atoms with E-state index in [0.717, 1.165) is 31.0 Å². The summed E-state index contributed by atoms with van der Waals surface area (Å²) in [6.45, 7) is 1.11. The molecule has 2 aliphatic rings. The highest BCUT2D eigenvalue weighted by Gasteiger charge is 2.38. The van der Waals surface area contributed by atoms with Crippen molar-refractivity contribution in [2.24, 2.45) is 5.92 Å². The number of carbonyl (C=O) groups excluding carboxylic acids is 1. The fourth-order valence-electron chi connectivity index (χ4n) is 3.25. The topological polar surface area (TPSA) is 50.4 Å². The van der Waals surface area contributed by atoms with Crippen molar-refractivity contribution in [1.29, 1.82) is 0 Å². The van der Waals surface area contributed by atoms with E-state index >= 15 is 0 Å². The molecule has 2 aromatic rings. The Hall–Kier alpha value is -2.54. The summed E-state index contributed by atoms with van der Waals surface area (Å²) in [5.74, 6) is 0.655. The number of benzene rings is 2. The van der Waals surface area contributed by atoms with Gasteiger partial charge in [0, 0.05) is 23.2 Å². The van der Waals surface area contributed by atoms with Gasteiger partial charge in [-0.3, -0.25) is 4.79 Å². The SMILES string of the molecule is O=C(Nc1ccc(C2CC2NCC2CC2)cc1)c1ccc(OC(F)(F)F)cc1. The van der Waals surface area contributed by atoms with Crippen LogP contribution in [0.2, 0.25) is 0 Å². The Bertz CT molecular complexity index is 830. The highest BCUT2D eigenvalue weighted by Crippen LogP contribution is 2.42. The van der Waals surface area contributed by atoms with E-state index in [2.05, 4.69) is 15.4 Å². The molecule has 0 heterocycles. The molecular weight excluding hydrogens is 369 g/mol. The molecule has 0 saturated heterocycles. The monoisotopic (exact) mass is 390 g/mol. The van der Waals surface area contributed by atoms with Gasteiger partial charge >= 0.3 is 6.36 Å². The Kier molecular flexibility index (Phi) is 5.02. The molecule has 0 aromatic heterocycles. The van der Waals surface area contributed by atoms with Gasteiger partial charge in [-0.1, -0.05) is 12.1 Å².